The number of carbonyl (C=O) groups excluding carboxylic acids is 4. The molecule has 3 aromatic rings. The minimum Gasteiger partial charge on any atom is -0.494 e. The lowest BCUT2D eigenvalue weighted by Crippen LogP contribution is -2.50. The number of hydrogen-bond acceptors (Lipinski definition) is 10. The van der Waals surface area contributed by atoms with Crippen molar-refractivity contribution in [3.05, 3.63) is 40.5 Å². The molecule has 1 aliphatic carbocycles. The van der Waals surface area contributed by atoms with Crippen molar-refractivity contribution in [3.63, 3.8) is 0 Å². The molecule has 4 amide bonds. The molecule has 2 fully saturated rings. The molecule has 0 spiro atoms. The van der Waals surface area contributed by atoms with Gasteiger partial charge < -0.3 is 30.9 Å². The summed E-state index contributed by atoms with van der Waals surface area (Å²) in [5.41, 5.74) is 1.43. The van der Waals surface area contributed by atoms with Crippen LogP contribution in [0.25, 0.3) is 10.6 Å². The summed E-state index contributed by atoms with van der Waals surface area (Å²) in [7, 11) is 18.1. The highest BCUT2D eigenvalue weighted by molar-refractivity contribution is 7.17. The fourth-order valence-corrected chi connectivity index (χ4v) is 5.44. The first-order chi connectivity index (χ1) is 20.4. The van der Waals surface area contributed by atoms with Gasteiger partial charge in [0.25, 0.3) is 11.8 Å². The number of ether oxygens (including phenoxy) is 1. The number of aromatic nitrogens is 3. The van der Waals surface area contributed by atoms with Crippen molar-refractivity contribution in [3.8, 4) is 16.3 Å². The number of benzene rings is 1. The zero-order valence-corrected chi connectivity index (χ0v) is 24.2. The maximum Gasteiger partial charge on any atom is 0.272 e. The van der Waals surface area contributed by atoms with E-state index in [0.29, 0.717) is 45.7 Å². The molecule has 1 saturated heterocycles. The molecule has 2 aliphatic rings. The number of methoxy groups -OCH3 is 1. The largest absolute Gasteiger partial charge is 0.494 e. The number of piperazine rings is 1. The summed E-state index contributed by atoms with van der Waals surface area (Å²) in [5.74, 6) is -1.12. The third kappa shape index (κ3) is 6.99. The monoisotopic (exact) mass is 594 g/mol. The van der Waals surface area contributed by atoms with Gasteiger partial charge in [-0.2, -0.15) is 0 Å². The minimum atomic E-state index is -2.03. The first-order valence-electron chi connectivity index (χ1n) is 13.3. The van der Waals surface area contributed by atoms with Gasteiger partial charge in [0.1, 0.15) is 9.88 Å². The zero-order chi connectivity index (χ0) is 30.9. The highest BCUT2D eigenvalue weighted by Gasteiger charge is 2.31. The lowest BCUT2D eigenvalue weighted by Gasteiger charge is -2.26. The van der Waals surface area contributed by atoms with Crippen molar-refractivity contribution < 1.29 is 23.9 Å². The number of anilines is 3. The Morgan fingerprint density at radius 3 is 2.60 bits per heavy atom. The zero-order valence-electron chi connectivity index (χ0n) is 23.4. The van der Waals surface area contributed by atoms with E-state index in [1.807, 2.05) is 0 Å². The predicted octanol–water partition coefficient (Wildman–Crippen LogP) is 0.428. The number of amides is 4. The molecule has 3 heterocycles. The summed E-state index contributed by atoms with van der Waals surface area (Å²) in [6.07, 6.45) is 1.58. The normalized spacial score (nSPS) is 14.9. The average molecular weight is 594 g/mol. The summed E-state index contributed by atoms with van der Waals surface area (Å²) in [4.78, 5) is 56.8. The predicted molar refractivity (Wildman–Crippen MR) is 162 cm³/mol. The number of carbonyl (C=O) groups is 4. The van der Waals surface area contributed by atoms with E-state index in [1.54, 1.807) is 25.1 Å². The quantitative estimate of drug-likeness (QED) is 0.257. The third-order valence-electron chi connectivity index (χ3n) is 6.57. The smallest absolute Gasteiger partial charge is 0.272 e. The molecule has 1 aliphatic heterocycles. The molecule has 4 N–H and O–H groups in total. The Kier molecular flexibility index (Phi) is 8.44. The van der Waals surface area contributed by atoms with Crippen LogP contribution in [0.2, 0.25) is 0 Å². The molecule has 0 unspecified atom stereocenters. The van der Waals surface area contributed by atoms with Gasteiger partial charge in [-0.15, -0.1) is 21.5 Å². The van der Waals surface area contributed by atoms with Gasteiger partial charge in [0.2, 0.25) is 11.8 Å². The lowest BCUT2D eigenvalue weighted by molar-refractivity contribution is -0.123. The van der Waals surface area contributed by atoms with Crippen LogP contribution in [0.15, 0.2) is 24.3 Å². The van der Waals surface area contributed by atoms with Gasteiger partial charge >= 0.3 is 0 Å². The molecule has 214 valence electrons. The van der Waals surface area contributed by atoms with E-state index in [1.165, 1.54) is 29.4 Å². The van der Waals surface area contributed by atoms with E-state index in [0.717, 1.165) is 12.8 Å². The SMILES string of the molecule is [B]C([B])([B])NC(=O)c1nnc(NC(=O)C2CC2)cc1Nc1cccc(-c2nc(C)c(C(=O)N3CCNC(=O)C3)s2)c1OC. The van der Waals surface area contributed by atoms with E-state index in [2.05, 4.69) is 36.4 Å². The van der Waals surface area contributed by atoms with Crippen LogP contribution in [0.4, 0.5) is 17.2 Å². The second-order valence-corrected chi connectivity index (χ2v) is 11.2. The Morgan fingerprint density at radius 2 is 1.93 bits per heavy atom. The number of rotatable bonds is 9. The van der Waals surface area contributed by atoms with Crippen LogP contribution in [-0.4, -0.2) is 99.2 Å². The van der Waals surface area contributed by atoms with Gasteiger partial charge in [0.15, 0.2) is 17.3 Å². The maximum atomic E-state index is 13.2. The number of nitrogens with zero attached hydrogens (tertiary/aromatic N) is 4. The van der Waals surface area contributed by atoms with Crippen LogP contribution in [0.5, 0.6) is 5.75 Å². The minimum absolute atomic E-state index is 0.0210. The number of aryl methyl sites for hydroxylation is 1. The van der Waals surface area contributed by atoms with Gasteiger partial charge in [-0.1, -0.05) is 11.3 Å². The van der Waals surface area contributed by atoms with Crippen LogP contribution in [0.1, 0.15) is 38.7 Å². The summed E-state index contributed by atoms with van der Waals surface area (Å²) in [5, 5.41) is 17.2. The summed E-state index contributed by atoms with van der Waals surface area (Å²) in [6.45, 7) is 2.49. The van der Waals surface area contributed by atoms with Crippen molar-refractivity contribution in [1.82, 2.24) is 30.7 Å². The van der Waals surface area contributed by atoms with E-state index in [9.17, 15) is 19.2 Å². The molecule has 2 aromatic heterocycles. The fourth-order valence-electron chi connectivity index (χ4n) is 4.38. The Hall–Kier alpha value is -4.40. The molecule has 0 atom stereocenters. The molecule has 0 bridgehead atoms. The van der Waals surface area contributed by atoms with Crippen molar-refractivity contribution in [1.29, 1.82) is 0 Å². The Morgan fingerprint density at radius 1 is 1.16 bits per heavy atom. The Labute approximate surface area is 255 Å². The molecule has 5 rings (SSSR count). The van der Waals surface area contributed by atoms with Gasteiger partial charge in [-0.3, -0.25) is 19.2 Å². The van der Waals surface area contributed by atoms with E-state index >= 15 is 0 Å². The number of hydrogen-bond donors (Lipinski definition) is 4. The highest BCUT2D eigenvalue weighted by Crippen LogP contribution is 2.41. The molecule has 17 heteroatoms. The first kappa shape index (κ1) is 30.1. The van der Waals surface area contributed by atoms with Crippen molar-refractivity contribution in [2.24, 2.45) is 5.92 Å². The molecular formula is C26H25B3N8O5S. The van der Waals surface area contributed by atoms with Crippen LogP contribution >= 0.6 is 11.3 Å². The highest BCUT2D eigenvalue weighted by atomic mass is 32.1. The topological polar surface area (TPSA) is 168 Å². The van der Waals surface area contributed by atoms with Crippen molar-refractivity contribution >= 4 is 75.7 Å². The van der Waals surface area contributed by atoms with Crippen molar-refractivity contribution in [2.45, 2.75) is 25.0 Å². The van der Waals surface area contributed by atoms with Crippen molar-refractivity contribution in [2.75, 3.05) is 37.4 Å². The summed E-state index contributed by atoms with van der Waals surface area (Å²) < 4.78 is 5.75. The third-order valence-corrected chi connectivity index (χ3v) is 7.75. The summed E-state index contributed by atoms with van der Waals surface area (Å²) >= 11 is 1.17. The number of thiazole rings is 1. The second-order valence-electron chi connectivity index (χ2n) is 10.2. The van der Waals surface area contributed by atoms with E-state index in [-0.39, 0.29) is 47.4 Å². The van der Waals surface area contributed by atoms with Crippen LogP contribution < -0.4 is 26.0 Å². The first-order valence-corrected chi connectivity index (χ1v) is 14.1. The lowest BCUT2D eigenvalue weighted by atomic mass is 9.49. The maximum absolute atomic E-state index is 13.2. The van der Waals surface area contributed by atoms with Crippen LogP contribution in [0, 0.1) is 12.8 Å². The molecule has 13 nitrogen and oxygen atoms in total. The number of para-hydroxylation sites is 1. The average Bonchev–Trinajstić information content (AvgIpc) is 3.73. The van der Waals surface area contributed by atoms with E-state index < -0.39 is 11.1 Å². The van der Waals surface area contributed by atoms with Crippen LogP contribution in [0.3, 0.4) is 0 Å². The molecule has 1 aromatic carbocycles. The van der Waals surface area contributed by atoms with Gasteiger partial charge in [0, 0.05) is 25.1 Å². The molecular weight excluding hydrogens is 569 g/mol. The Bertz CT molecular complexity index is 1610. The number of nitrogens with one attached hydrogen (secondary N) is 4. The second kappa shape index (κ2) is 12.1. The van der Waals surface area contributed by atoms with Gasteiger partial charge in [-0.05, 0) is 31.9 Å². The molecule has 1 saturated carbocycles. The standard InChI is InChI=1S/C26H25B3N8O5S/c1-12-21(25(41)37-9-8-30-18(38)11-37)43-24(31-12)14-4-3-5-15(20(14)42-2)32-16-10-17(33-22(39)13-6-7-13)35-36-19(16)23(40)34-26(27,28)29/h3-5,10,13H,6-9,11H2,1-2H3,(H,30,38)(H,34,40)(H2,32,33,35,39). The van der Waals surface area contributed by atoms with Gasteiger partial charge in [0.05, 0.1) is 59.8 Å². The molecule has 6 radical (unpaired) electrons. The fraction of sp³-hybridized carbons (Fsp3) is 0.346. The van der Waals surface area contributed by atoms with E-state index in [4.69, 9.17) is 28.3 Å². The molecule has 43 heavy (non-hydrogen) atoms. The Balaban J connectivity index is 1.48. The van der Waals surface area contributed by atoms with Crippen LogP contribution in [-0.2, 0) is 9.59 Å². The van der Waals surface area contributed by atoms with Gasteiger partial charge in [-0.25, -0.2) is 4.98 Å². The summed E-state index contributed by atoms with van der Waals surface area (Å²) in [6, 6.07) is 6.65.